The zero-order valence-electron chi connectivity index (χ0n) is 14.4. The summed E-state index contributed by atoms with van der Waals surface area (Å²) in [5, 5.41) is 8.96. The van der Waals surface area contributed by atoms with Gasteiger partial charge in [0, 0.05) is 31.6 Å². The SMILES string of the molecule is Cc1nn(-c2ccc(F)cc2)c2sc(C(=O)N3C[C@H]4CNC[C@H]4C3)cc12. The number of nitrogens with one attached hydrogen (secondary N) is 1. The van der Waals surface area contributed by atoms with Gasteiger partial charge in [-0.25, -0.2) is 9.07 Å². The van der Waals surface area contributed by atoms with Crippen LogP contribution in [0.4, 0.5) is 4.39 Å². The monoisotopic (exact) mass is 370 g/mol. The lowest BCUT2D eigenvalue weighted by Crippen LogP contribution is -2.31. The molecule has 0 saturated carbocycles. The van der Waals surface area contributed by atoms with Gasteiger partial charge in [-0.05, 0) is 49.1 Å². The minimum Gasteiger partial charge on any atom is -0.337 e. The van der Waals surface area contributed by atoms with Crippen molar-refractivity contribution in [3.05, 3.63) is 46.7 Å². The number of halogens is 1. The third-order valence-corrected chi connectivity index (χ3v) is 6.60. The Morgan fingerprint density at radius 3 is 2.62 bits per heavy atom. The molecule has 2 saturated heterocycles. The Hall–Kier alpha value is -2.25. The molecule has 0 unspecified atom stereocenters. The lowest BCUT2D eigenvalue weighted by Gasteiger charge is -2.16. The number of thiophene rings is 1. The molecule has 26 heavy (non-hydrogen) atoms. The van der Waals surface area contributed by atoms with Crippen LogP contribution in [-0.2, 0) is 0 Å². The van der Waals surface area contributed by atoms with Crippen molar-refractivity contribution >= 4 is 27.5 Å². The first-order valence-corrected chi connectivity index (χ1v) is 9.67. The summed E-state index contributed by atoms with van der Waals surface area (Å²) in [6.45, 7) is 5.65. The van der Waals surface area contributed by atoms with Crippen LogP contribution in [0, 0.1) is 24.6 Å². The van der Waals surface area contributed by atoms with Crippen LogP contribution in [0.3, 0.4) is 0 Å². The number of likely N-dealkylation sites (tertiary alicyclic amines) is 1. The number of nitrogens with zero attached hydrogens (tertiary/aromatic N) is 3. The highest BCUT2D eigenvalue weighted by Gasteiger charge is 2.38. The predicted molar refractivity (Wildman–Crippen MR) is 99.4 cm³/mol. The highest BCUT2D eigenvalue weighted by molar-refractivity contribution is 7.20. The van der Waals surface area contributed by atoms with Crippen molar-refractivity contribution < 1.29 is 9.18 Å². The van der Waals surface area contributed by atoms with E-state index in [-0.39, 0.29) is 11.7 Å². The van der Waals surface area contributed by atoms with Crippen LogP contribution in [0.5, 0.6) is 0 Å². The molecule has 2 aliphatic rings. The number of fused-ring (bicyclic) bond motifs is 2. The van der Waals surface area contributed by atoms with Crippen molar-refractivity contribution in [2.45, 2.75) is 6.92 Å². The van der Waals surface area contributed by atoms with Crippen molar-refractivity contribution in [2.75, 3.05) is 26.2 Å². The number of rotatable bonds is 2. The van der Waals surface area contributed by atoms with E-state index in [9.17, 15) is 9.18 Å². The molecule has 0 spiro atoms. The van der Waals surface area contributed by atoms with E-state index in [0.717, 1.165) is 52.7 Å². The van der Waals surface area contributed by atoms with E-state index >= 15 is 0 Å². The molecular weight excluding hydrogens is 351 g/mol. The summed E-state index contributed by atoms with van der Waals surface area (Å²) in [5.41, 5.74) is 1.68. The van der Waals surface area contributed by atoms with Crippen molar-refractivity contribution in [2.24, 2.45) is 11.8 Å². The number of hydrogen-bond acceptors (Lipinski definition) is 4. The number of benzene rings is 1. The molecule has 4 heterocycles. The Morgan fingerprint density at radius 2 is 1.92 bits per heavy atom. The van der Waals surface area contributed by atoms with E-state index in [1.54, 1.807) is 16.8 Å². The molecule has 2 aromatic heterocycles. The molecule has 5 rings (SSSR count). The summed E-state index contributed by atoms with van der Waals surface area (Å²) in [6.07, 6.45) is 0. The van der Waals surface area contributed by atoms with Crippen molar-refractivity contribution in [1.82, 2.24) is 20.0 Å². The Labute approximate surface area is 154 Å². The number of carbonyl (C=O) groups is 1. The van der Waals surface area contributed by atoms with Crippen molar-refractivity contribution in [3.8, 4) is 5.69 Å². The second-order valence-electron chi connectivity index (χ2n) is 7.19. The van der Waals surface area contributed by atoms with Gasteiger partial charge in [0.05, 0.1) is 16.3 Å². The average molecular weight is 370 g/mol. The topological polar surface area (TPSA) is 50.2 Å². The molecule has 2 aliphatic heterocycles. The van der Waals surface area contributed by atoms with E-state index in [2.05, 4.69) is 10.4 Å². The molecule has 5 nitrogen and oxygen atoms in total. The van der Waals surface area contributed by atoms with Crippen LogP contribution in [0.1, 0.15) is 15.4 Å². The smallest absolute Gasteiger partial charge is 0.264 e. The third kappa shape index (κ3) is 2.46. The highest BCUT2D eigenvalue weighted by Crippen LogP contribution is 2.33. The first-order chi connectivity index (χ1) is 12.6. The maximum atomic E-state index is 13.2. The van der Waals surface area contributed by atoms with Gasteiger partial charge in [0.15, 0.2) is 0 Å². The Balaban J connectivity index is 1.49. The van der Waals surface area contributed by atoms with Gasteiger partial charge in [0.1, 0.15) is 10.6 Å². The Morgan fingerprint density at radius 1 is 1.23 bits per heavy atom. The molecule has 0 aliphatic carbocycles. The van der Waals surface area contributed by atoms with Gasteiger partial charge in [0.2, 0.25) is 0 Å². The second-order valence-corrected chi connectivity index (χ2v) is 8.22. The Kier molecular flexibility index (Phi) is 3.62. The second kappa shape index (κ2) is 5.89. The van der Waals surface area contributed by atoms with Gasteiger partial charge in [-0.2, -0.15) is 5.10 Å². The molecule has 0 bridgehead atoms. The van der Waals surface area contributed by atoms with Gasteiger partial charge >= 0.3 is 0 Å². The summed E-state index contributed by atoms with van der Waals surface area (Å²) in [4.78, 5) is 16.7. The van der Waals surface area contributed by atoms with Gasteiger partial charge in [0.25, 0.3) is 5.91 Å². The zero-order valence-corrected chi connectivity index (χ0v) is 15.2. The molecule has 2 atom stereocenters. The molecule has 134 valence electrons. The van der Waals surface area contributed by atoms with Crippen LogP contribution in [0.2, 0.25) is 0 Å². The Bertz CT molecular complexity index is 981. The van der Waals surface area contributed by atoms with Crippen LogP contribution < -0.4 is 5.32 Å². The molecule has 3 aromatic rings. The minimum absolute atomic E-state index is 0.116. The molecule has 1 amide bonds. The van der Waals surface area contributed by atoms with Crippen LogP contribution in [0.15, 0.2) is 30.3 Å². The van der Waals surface area contributed by atoms with E-state index in [1.807, 2.05) is 17.9 Å². The van der Waals surface area contributed by atoms with Crippen LogP contribution in [-0.4, -0.2) is 46.8 Å². The van der Waals surface area contributed by atoms with Crippen LogP contribution >= 0.6 is 11.3 Å². The van der Waals surface area contributed by atoms with Gasteiger partial charge in [-0.3, -0.25) is 4.79 Å². The number of aryl methyl sites for hydroxylation is 1. The zero-order chi connectivity index (χ0) is 17.8. The number of hydrogen-bond donors (Lipinski definition) is 1. The third-order valence-electron chi connectivity index (χ3n) is 5.50. The molecule has 0 radical (unpaired) electrons. The average Bonchev–Trinajstić information content (AvgIpc) is 3.36. The van der Waals surface area contributed by atoms with Crippen molar-refractivity contribution in [1.29, 1.82) is 0 Å². The summed E-state index contributed by atoms with van der Waals surface area (Å²) in [6, 6.07) is 8.22. The standard InChI is InChI=1S/C19H19FN4OS/c1-11-16-6-17(18(25)23-9-12-7-21-8-13(12)10-23)26-19(16)24(22-11)15-4-2-14(20)3-5-15/h2-6,12-13,21H,7-10H2,1H3/t12-,13+. The number of carbonyl (C=O) groups excluding carboxylic acids is 1. The fourth-order valence-corrected chi connectivity index (χ4v) is 5.24. The maximum absolute atomic E-state index is 13.2. The fourth-order valence-electron chi connectivity index (χ4n) is 4.09. The van der Waals surface area contributed by atoms with Crippen molar-refractivity contribution in [3.63, 3.8) is 0 Å². The first kappa shape index (κ1) is 16.0. The lowest BCUT2D eigenvalue weighted by atomic mass is 10.0. The molecule has 7 heteroatoms. The van der Waals surface area contributed by atoms with Gasteiger partial charge in [-0.15, -0.1) is 11.3 Å². The minimum atomic E-state index is -0.273. The van der Waals surface area contributed by atoms with Crippen LogP contribution in [0.25, 0.3) is 15.9 Å². The molecule has 1 N–H and O–H groups in total. The van der Waals surface area contributed by atoms with E-state index < -0.39 is 0 Å². The maximum Gasteiger partial charge on any atom is 0.264 e. The number of aromatic nitrogens is 2. The molecular formula is C19H19FN4OS. The predicted octanol–water partition coefficient (Wildman–Crippen LogP) is 2.83. The summed E-state index contributed by atoms with van der Waals surface area (Å²) in [7, 11) is 0. The lowest BCUT2D eigenvalue weighted by molar-refractivity contribution is 0.0786. The van der Waals surface area contributed by atoms with E-state index in [1.165, 1.54) is 23.5 Å². The van der Waals surface area contributed by atoms with Gasteiger partial charge in [-0.1, -0.05) is 0 Å². The normalized spacial score (nSPS) is 22.3. The van der Waals surface area contributed by atoms with E-state index in [0.29, 0.717) is 11.8 Å². The molecule has 1 aromatic carbocycles. The summed E-state index contributed by atoms with van der Waals surface area (Å²) < 4.78 is 15.0. The molecule has 2 fully saturated rings. The first-order valence-electron chi connectivity index (χ1n) is 8.85. The summed E-state index contributed by atoms with van der Waals surface area (Å²) >= 11 is 1.47. The summed E-state index contributed by atoms with van der Waals surface area (Å²) in [5.74, 6) is 1.02. The highest BCUT2D eigenvalue weighted by atomic mass is 32.1. The van der Waals surface area contributed by atoms with E-state index in [4.69, 9.17) is 0 Å². The quantitative estimate of drug-likeness (QED) is 0.755. The van der Waals surface area contributed by atoms with Gasteiger partial charge < -0.3 is 10.2 Å². The number of amides is 1. The largest absolute Gasteiger partial charge is 0.337 e. The fraction of sp³-hybridized carbons (Fsp3) is 0.368.